The van der Waals surface area contributed by atoms with Gasteiger partial charge in [0.2, 0.25) is 0 Å². The molecule has 18 heavy (non-hydrogen) atoms. The minimum Gasteiger partial charge on any atom is -0.409 e. The molecule has 0 bridgehead atoms. The zero-order valence-corrected chi connectivity index (χ0v) is 11.1. The fourth-order valence-electron chi connectivity index (χ4n) is 1.40. The van der Waals surface area contributed by atoms with Crippen molar-refractivity contribution in [2.24, 2.45) is 10.9 Å². The molecule has 0 heterocycles. The largest absolute Gasteiger partial charge is 0.409 e. The van der Waals surface area contributed by atoms with Gasteiger partial charge in [-0.1, -0.05) is 28.9 Å². The topological polar surface area (TPSA) is 77.1 Å². The highest BCUT2D eigenvalue weighted by atomic mass is 35.5. The second kappa shape index (κ2) is 7.20. The van der Waals surface area contributed by atoms with Crippen LogP contribution in [0.25, 0.3) is 0 Å². The number of halogens is 1. The van der Waals surface area contributed by atoms with Crippen molar-refractivity contribution < 1.29 is 14.7 Å². The summed E-state index contributed by atoms with van der Waals surface area (Å²) in [6, 6.07) is 5.14. The van der Waals surface area contributed by atoms with Gasteiger partial charge in [0.05, 0.1) is 19.3 Å². The lowest BCUT2D eigenvalue weighted by atomic mass is 10.1. The van der Waals surface area contributed by atoms with E-state index in [2.05, 4.69) is 5.16 Å². The number of oxime groups is 1. The first-order valence-electron chi connectivity index (χ1n) is 5.45. The second-order valence-electron chi connectivity index (χ2n) is 3.87. The van der Waals surface area contributed by atoms with Crippen LogP contribution < -0.4 is 5.73 Å². The Labute approximate surface area is 111 Å². The molecule has 5 nitrogen and oxygen atoms in total. The lowest BCUT2D eigenvalue weighted by molar-refractivity contribution is -0.0000954. The van der Waals surface area contributed by atoms with Gasteiger partial charge >= 0.3 is 0 Å². The minimum atomic E-state index is -0.00480. The third-order valence-corrected chi connectivity index (χ3v) is 2.73. The maximum atomic E-state index is 8.56. The summed E-state index contributed by atoms with van der Waals surface area (Å²) in [7, 11) is 1.62. The summed E-state index contributed by atoms with van der Waals surface area (Å²) in [6.45, 7) is 2.84. The number of amidine groups is 1. The molecule has 1 atom stereocenters. The number of benzene rings is 1. The molecule has 0 aliphatic carbocycles. The first kappa shape index (κ1) is 14.8. The third-order valence-electron chi connectivity index (χ3n) is 2.38. The number of nitrogens with two attached hydrogens (primary N) is 1. The van der Waals surface area contributed by atoms with E-state index in [4.69, 9.17) is 32.0 Å². The fraction of sp³-hybridized carbons (Fsp3) is 0.417. The average molecular weight is 273 g/mol. The molecule has 0 fully saturated rings. The first-order valence-corrected chi connectivity index (χ1v) is 5.83. The Hall–Kier alpha value is -1.30. The van der Waals surface area contributed by atoms with Crippen LogP contribution >= 0.6 is 11.6 Å². The molecule has 1 unspecified atom stereocenters. The van der Waals surface area contributed by atoms with Crippen molar-refractivity contribution in [2.75, 3.05) is 13.7 Å². The smallest absolute Gasteiger partial charge is 0.170 e. The number of hydrogen-bond acceptors (Lipinski definition) is 4. The van der Waals surface area contributed by atoms with Crippen LogP contribution in [0.2, 0.25) is 5.02 Å². The van der Waals surface area contributed by atoms with E-state index in [1.807, 2.05) is 6.92 Å². The molecule has 1 aromatic carbocycles. The molecule has 0 amide bonds. The molecule has 6 heteroatoms. The monoisotopic (exact) mass is 272 g/mol. The molecule has 1 rings (SSSR count). The van der Waals surface area contributed by atoms with Gasteiger partial charge in [-0.25, -0.2) is 0 Å². The summed E-state index contributed by atoms with van der Waals surface area (Å²) in [5.41, 5.74) is 6.88. The van der Waals surface area contributed by atoms with Gasteiger partial charge in [0, 0.05) is 17.7 Å². The molecule has 100 valence electrons. The zero-order chi connectivity index (χ0) is 13.5. The van der Waals surface area contributed by atoms with Crippen molar-refractivity contribution in [3.63, 3.8) is 0 Å². The predicted octanol–water partition coefficient (Wildman–Crippen LogP) is 1.99. The lowest BCUT2D eigenvalue weighted by Crippen LogP contribution is -2.15. The van der Waals surface area contributed by atoms with Gasteiger partial charge in [-0.2, -0.15) is 0 Å². The fourth-order valence-corrected chi connectivity index (χ4v) is 1.63. The number of hydrogen-bond donors (Lipinski definition) is 2. The van der Waals surface area contributed by atoms with E-state index in [1.54, 1.807) is 25.3 Å². The maximum absolute atomic E-state index is 8.56. The van der Waals surface area contributed by atoms with Gasteiger partial charge in [-0.3, -0.25) is 0 Å². The van der Waals surface area contributed by atoms with Crippen molar-refractivity contribution in [3.05, 3.63) is 34.3 Å². The SMILES string of the molecule is COCC(C)OCc1ccc(/C(N)=N/O)cc1Cl. The Balaban J connectivity index is 2.68. The summed E-state index contributed by atoms with van der Waals surface area (Å²) < 4.78 is 10.5. The van der Waals surface area contributed by atoms with E-state index in [-0.39, 0.29) is 11.9 Å². The maximum Gasteiger partial charge on any atom is 0.170 e. The van der Waals surface area contributed by atoms with Crippen LogP contribution in [-0.4, -0.2) is 30.9 Å². The first-order chi connectivity index (χ1) is 8.58. The lowest BCUT2D eigenvalue weighted by Gasteiger charge is -2.13. The number of nitrogens with zero attached hydrogens (tertiary/aromatic N) is 1. The van der Waals surface area contributed by atoms with Crippen molar-refractivity contribution in [1.82, 2.24) is 0 Å². The normalized spacial score (nSPS) is 13.6. The number of ether oxygens (including phenoxy) is 2. The van der Waals surface area contributed by atoms with Gasteiger partial charge in [0.25, 0.3) is 0 Å². The summed E-state index contributed by atoms with van der Waals surface area (Å²) >= 11 is 6.09. The molecule has 0 saturated heterocycles. The van der Waals surface area contributed by atoms with Crippen LogP contribution in [0.15, 0.2) is 23.4 Å². The highest BCUT2D eigenvalue weighted by Crippen LogP contribution is 2.19. The van der Waals surface area contributed by atoms with Crippen molar-refractivity contribution in [2.45, 2.75) is 19.6 Å². The highest BCUT2D eigenvalue weighted by Gasteiger charge is 2.07. The van der Waals surface area contributed by atoms with E-state index < -0.39 is 0 Å². The molecular weight excluding hydrogens is 256 g/mol. The molecule has 0 spiro atoms. The van der Waals surface area contributed by atoms with Gasteiger partial charge in [-0.05, 0) is 18.6 Å². The molecule has 0 aliphatic rings. The minimum absolute atomic E-state index is 0.00480. The molecule has 0 aromatic heterocycles. The molecule has 1 aromatic rings. The van der Waals surface area contributed by atoms with Gasteiger partial charge in [0.15, 0.2) is 5.84 Å². The zero-order valence-electron chi connectivity index (χ0n) is 10.4. The summed E-state index contributed by atoms with van der Waals surface area (Å²) in [4.78, 5) is 0. The standard InChI is InChI=1S/C12H17ClN2O3/c1-8(6-17-2)18-7-10-4-3-9(5-11(10)13)12(14)15-16/h3-5,8,16H,6-7H2,1-2H3,(H2,14,15). The van der Waals surface area contributed by atoms with E-state index in [0.717, 1.165) is 5.56 Å². The van der Waals surface area contributed by atoms with E-state index >= 15 is 0 Å². The molecule has 3 N–H and O–H groups in total. The Kier molecular flexibility index (Phi) is 5.91. The van der Waals surface area contributed by atoms with Gasteiger partial charge in [-0.15, -0.1) is 0 Å². The summed E-state index contributed by atoms with van der Waals surface area (Å²) in [6.07, 6.45) is -0.00480. The Morgan fingerprint density at radius 1 is 1.56 bits per heavy atom. The summed E-state index contributed by atoms with van der Waals surface area (Å²) in [5, 5.41) is 12.0. The van der Waals surface area contributed by atoms with Crippen LogP contribution in [0.5, 0.6) is 0 Å². The van der Waals surface area contributed by atoms with Crippen LogP contribution in [0, 0.1) is 0 Å². The molecule has 0 aliphatic heterocycles. The van der Waals surface area contributed by atoms with Crippen molar-refractivity contribution in [1.29, 1.82) is 0 Å². The van der Waals surface area contributed by atoms with Crippen LogP contribution in [-0.2, 0) is 16.1 Å². The van der Waals surface area contributed by atoms with E-state index in [0.29, 0.717) is 23.8 Å². The highest BCUT2D eigenvalue weighted by molar-refractivity contribution is 6.31. The van der Waals surface area contributed by atoms with E-state index in [9.17, 15) is 0 Å². The third kappa shape index (κ3) is 4.18. The molecular formula is C12H17ClN2O3. The van der Waals surface area contributed by atoms with Crippen molar-refractivity contribution >= 4 is 17.4 Å². The second-order valence-corrected chi connectivity index (χ2v) is 4.28. The van der Waals surface area contributed by atoms with Crippen LogP contribution in [0.4, 0.5) is 0 Å². The number of methoxy groups -OCH3 is 1. The summed E-state index contributed by atoms with van der Waals surface area (Å²) in [5.74, 6) is 0.0251. The molecule has 0 radical (unpaired) electrons. The Bertz CT molecular complexity index is 424. The van der Waals surface area contributed by atoms with Gasteiger partial charge < -0.3 is 20.4 Å². The predicted molar refractivity (Wildman–Crippen MR) is 70.1 cm³/mol. The van der Waals surface area contributed by atoms with Crippen LogP contribution in [0.3, 0.4) is 0 Å². The average Bonchev–Trinajstić information content (AvgIpc) is 2.36. The quantitative estimate of drug-likeness (QED) is 0.359. The van der Waals surface area contributed by atoms with Crippen molar-refractivity contribution in [3.8, 4) is 0 Å². The van der Waals surface area contributed by atoms with Crippen LogP contribution in [0.1, 0.15) is 18.1 Å². The van der Waals surface area contributed by atoms with E-state index in [1.165, 1.54) is 0 Å². The Morgan fingerprint density at radius 2 is 2.28 bits per heavy atom. The molecule has 0 saturated carbocycles. The number of rotatable bonds is 6. The van der Waals surface area contributed by atoms with Gasteiger partial charge in [0.1, 0.15) is 0 Å². The Morgan fingerprint density at radius 3 is 2.83 bits per heavy atom.